The Labute approximate surface area is 353 Å². The van der Waals surface area contributed by atoms with Crippen LogP contribution in [0.15, 0.2) is 30.3 Å². The monoisotopic (exact) mass is 842 g/mol. The van der Waals surface area contributed by atoms with Gasteiger partial charge < -0.3 is 65.8 Å². The van der Waals surface area contributed by atoms with Gasteiger partial charge in [0.2, 0.25) is 23.6 Å². The first-order chi connectivity index (χ1) is 28.5. The lowest BCUT2D eigenvalue weighted by atomic mass is 9.75. The lowest BCUT2D eigenvalue weighted by Crippen LogP contribution is -2.56. The molecule has 2 unspecified atom stereocenters. The molecule has 0 saturated heterocycles. The number of amides is 4. The van der Waals surface area contributed by atoms with Gasteiger partial charge in [-0.15, -0.1) is 0 Å². The van der Waals surface area contributed by atoms with Crippen LogP contribution in [-0.2, 0) is 44.9 Å². The van der Waals surface area contributed by atoms with Gasteiger partial charge in [-0.25, -0.2) is 0 Å². The second-order valence-corrected chi connectivity index (χ2v) is 16.3. The number of aryl methyl sites for hydroxylation is 1. The van der Waals surface area contributed by atoms with E-state index in [1.807, 2.05) is 52.0 Å². The Balaban J connectivity index is 0.000000321. The number of carbonyl (C=O) groups excluding carboxylic acids is 4. The summed E-state index contributed by atoms with van der Waals surface area (Å²) in [5, 5.41) is 67.3. The third kappa shape index (κ3) is 14.4. The van der Waals surface area contributed by atoms with Crippen LogP contribution in [0.4, 0.5) is 0 Å². The maximum Gasteiger partial charge on any atom is 0.475 e. The molecule has 17 nitrogen and oxygen atoms in total. The van der Waals surface area contributed by atoms with Crippen LogP contribution in [0, 0.1) is 23.7 Å². The molecule has 0 aliphatic heterocycles. The number of hydrogen-bond acceptors (Lipinski definition) is 13. The van der Waals surface area contributed by atoms with Crippen LogP contribution >= 0.6 is 0 Å². The molecule has 0 fully saturated rings. The molecule has 0 radical (unpaired) electrons. The van der Waals surface area contributed by atoms with Crippen LogP contribution in [-0.4, -0.2) is 127 Å². The molecular weight excluding hydrogens is 778 g/mol. The molecule has 0 aromatic heterocycles. The Morgan fingerprint density at radius 2 is 1.13 bits per heavy atom. The molecule has 6 atom stereocenters. The first-order valence-electron chi connectivity index (χ1n) is 20.5. The van der Waals surface area contributed by atoms with Gasteiger partial charge in [-0.05, 0) is 98.1 Å². The summed E-state index contributed by atoms with van der Waals surface area (Å²) in [6.07, 6.45) is 4.29. The molecule has 0 spiro atoms. The predicted molar refractivity (Wildman–Crippen MR) is 225 cm³/mol. The first kappa shape index (κ1) is 50.0. The number of fused-ring (bicyclic) bond motifs is 2. The highest BCUT2D eigenvalue weighted by Crippen LogP contribution is 2.39. The van der Waals surface area contributed by atoms with E-state index in [1.54, 1.807) is 27.4 Å². The van der Waals surface area contributed by atoms with Crippen molar-refractivity contribution in [2.24, 2.45) is 23.7 Å². The Morgan fingerprint density at radius 3 is 1.57 bits per heavy atom. The summed E-state index contributed by atoms with van der Waals surface area (Å²) in [7, 11) is 1.32. The third-order valence-corrected chi connectivity index (χ3v) is 10.8. The smallest absolute Gasteiger partial charge is 0.475 e. The highest BCUT2D eigenvalue weighted by molar-refractivity contribution is 6.44. The summed E-state index contributed by atoms with van der Waals surface area (Å²) in [4.78, 5) is 50.4. The summed E-state index contributed by atoms with van der Waals surface area (Å²) in [6, 6.07) is 7.17. The van der Waals surface area contributed by atoms with E-state index in [4.69, 9.17) is 14.2 Å². The van der Waals surface area contributed by atoms with Crippen molar-refractivity contribution in [2.75, 3.05) is 34.5 Å². The Hall–Kier alpha value is -4.39. The Kier molecular flexibility index (Phi) is 20.1. The van der Waals surface area contributed by atoms with Gasteiger partial charge in [0, 0.05) is 17.4 Å². The van der Waals surface area contributed by atoms with Gasteiger partial charge in [-0.1, -0.05) is 39.8 Å². The number of methoxy groups -OCH3 is 3. The molecule has 0 heterocycles. The molecule has 2 aromatic carbocycles. The fraction of sp³-hybridized carbons (Fsp3) is 0.610. The van der Waals surface area contributed by atoms with E-state index in [9.17, 15) is 49.5 Å². The average molecular weight is 843 g/mol. The number of benzene rings is 2. The molecule has 332 valence electrons. The predicted octanol–water partition coefficient (Wildman–Crippen LogP) is -0.351. The Bertz CT molecular complexity index is 1730. The van der Waals surface area contributed by atoms with Crippen LogP contribution in [0.2, 0.25) is 0 Å². The van der Waals surface area contributed by atoms with Crippen molar-refractivity contribution in [3.8, 4) is 17.2 Å². The zero-order valence-corrected chi connectivity index (χ0v) is 35.8. The van der Waals surface area contributed by atoms with Gasteiger partial charge in [-0.2, -0.15) is 0 Å². The standard InChI is InChI=1S/C21H33BN2O7.C20H31BN2O6/c1-12(2)9-18(22(28)29)24-21(27)16(11-25)23-20(26)14-5-7-15-13(10-14)6-8-17(30-3)19(15)31-4;1-12(2)8-18(21(27)28)23-20(26)17(11-24)22-19(25)15-5-4-14-10-16(29-3)7-6-13(14)9-15/h6,8,12,14,16,18,25,28-29H,5,7,9-11H2,1-4H3,(H,23,26)(H,24,27);6-7,10,12,15,17-18,24,27-28H,4-5,8-9,11H2,1-3H3,(H,22,25)(H,23,26)/t14?,16-,18-;15?,17-,18-/m00/s1. The summed E-state index contributed by atoms with van der Waals surface area (Å²) >= 11 is 0. The number of nitrogens with one attached hydrogen (secondary N) is 4. The SMILES string of the molecule is COc1ccc2c(c1)CCC(C(=O)N[C@@H](CO)C(=O)N[C@@H](CC(C)C)B(O)O)C2.COc1ccc2c(c1OC)CCC(C(=O)N[C@@H](CO)C(=O)N[C@@H](CC(C)C)B(O)O)C2. The number of aliphatic hydroxyl groups is 2. The molecule has 0 bridgehead atoms. The van der Waals surface area contributed by atoms with Crippen molar-refractivity contribution in [1.29, 1.82) is 0 Å². The van der Waals surface area contributed by atoms with Crippen LogP contribution < -0.4 is 35.5 Å². The molecule has 10 N–H and O–H groups in total. The summed E-state index contributed by atoms with van der Waals surface area (Å²) in [5.41, 5.74) is 4.21. The second-order valence-electron chi connectivity index (χ2n) is 16.3. The lowest BCUT2D eigenvalue weighted by Gasteiger charge is -2.28. The van der Waals surface area contributed by atoms with Crippen molar-refractivity contribution in [3.05, 3.63) is 52.6 Å². The van der Waals surface area contributed by atoms with E-state index in [0.717, 1.165) is 34.4 Å². The van der Waals surface area contributed by atoms with Crippen LogP contribution in [0.5, 0.6) is 17.2 Å². The molecular formula is C41H64B2N4O13. The van der Waals surface area contributed by atoms with E-state index < -0.39 is 63.2 Å². The van der Waals surface area contributed by atoms with Gasteiger partial charge in [0.25, 0.3) is 0 Å². The lowest BCUT2D eigenvalue weighted by molar-refractivity contribution is -0.132. The van der Waals surface area contributed by atoms with E-state index in [1.165, 1.54) is 0 Å². The fourth-order valence-electron chi connectivity index (χ4n) is 7.55. The number of rotatable bonds is 19. The zero-order chi connectivity index (χ0) is 44.7. The van der Waals surface area contributed by atoms with E-state index in [-0.39, 0.29) is 35.5 Å². The number of ether oxygens (including phenoxy) is 3. The molecule has 2 aliphatic rings. The quantitative estimate of drug-likeness (QED) is 0.0813. The minimum absolute atomic E-state index is 0.118. The van der Waals surface area contributed by atoms with Crippen molar-refractivity contribution >= 4 is 37.9 Å². The first-order valence-corrected chi connectivity index (χ1v) is 20.5. The second kappa shape index (κ2) is 24.2. The minimum atomic E-state index is -1.73. The summed E-state index contributed by atoms with van der Waals surface area (Å²) < 4.78 is 16.0. The van der Waals surface area contributed by atoms with Gasteiger partial charge >= 0.3 is 14.2 Å². The topological polar surface area (TPSA) is 265 Å². The maximum atomic E-state index is 12.8. The molecule has 60 heavy (non-hydrogen) atoms. The largest absolute Gasteiger partial charge is 0.497 e. The zero-order valence-electron chi connectivity index (χ0n) is 35.8. The third-order valence-electron chi connectivity index (χ3n) is 10.8. The maximum absolute atomic E-state index is 12.8. The van der Waals surface area contributed by atoms with Crippen LogP contribution in [0.25, 0.3) is 0 Å². The van der Waals surface area contributed by atoms with Crippen LogP contribution in [0.3, 0.4) is 0 Å². The number of hydrogen-bond donors (Lipinski definition) is 10. The molecule has 0 saturated carbocycles. The fourth-order valence-corrected chi connectivity index (χ4v) is 7.55. The molecule has 2 aromatic rings. The summed E-state index contributed by atoms with van der Waals surface area (Å²) in [5.74, 6) is -2.00. The van der Waals surface area contributed by atoms with Crippen molar-refractivity contribution in [3.63, 3.8) is 0 Å². The van der Waals surface area contributed by atoms with Gasteiger partial charge in [0.05, 0.1) is 46.4 Å². The highest BCUT2D eigenvalue weighted by atomic mass is 16.5. The van der Waals surface area contributed by atoms with Gasteiger partial charge in [-0.3, -0.25) is 19.2 Å². The van der Waals surface area contributed by atoms with E-state index in [2.05, 4.69) is 21.3 Å². The highest BCUT2D eigenvalue weighted by Gasteiger charge is 2.34. The molecule has 19 heteroatoms. The molecule has 4 amide bonds. The van der Waals surface area contributed by atoms with Gasteiger partial charge in [0.1, 0.15) is 17.8 Å². The number of aliphatic hydroxyl groups excluding tert-OH is 2. The van der Waals surface area contributed by atoms with Crippen molar-refractivity contribution < 1.29 is 63.7 Å². The molecule has 4 rings (SSSR count). The van der Waals surface area contributed by atoms with Crippen LogP contribution in [0.1, 0.15) is 75.6 Å². The van der Waals surface area contributed by atoms with E-state index in [0.29, 0.717) is 56.4 Å². The van der Waals surface area contributed by atoms with Crippen molar-refractivity contribution in [1.82, 2.24) is 21.3 Å². The van der Waals surface area contributed by atoms with E-state index >= 15 is 0 Å². The average Bonchev–Trinajstić information content (AvgIpc) is 3.22. The summed E-state index contributed by atoms with van der Waals surface area (Å²) in [6.45, 7) is 6.39. The normalized spacial score (nSPS) is 17.6. The number of carbonyl (C=O) groups is 4. The Morgan fingerprint density at radius 1 is 0.650 bits per heavy atom. The minimum Gasteiger partial charge on any atom is -0.497 e. The molecule has 2 aliphatic carbocycles. The van der Waals surface area contributed by atoms with Gasteiger partial charge in [0.15, 0.2) is 11.5 Å². The van der Waals surface area contributed by atoms with Crippen molar-refractivity contribution in [2.45, 2.75) is 103 Å².